The Morgan fingerprint density at radius 1 is 1.41 bits per heavy atom. The molecule has 0 radical (unpaired) electrons. The summed E-state index contributed by atoms with van der Waals surface area (Å²) in [5.74, 6) is -0.540. The fourth-order valence-corrected chi connectivity index (χ4v) is 4.12. The zero-order chi connectivity index (χ0) is 15.7. The van der Waals surface area contributed by atoms with E-state index in [4.69, 9.17) is 16.3 Å². The molecule has 116 valence electrons. The van der Waals surface area contributed by atoms with Crippen LogP contribution < -0.4 is 0 Å². The average molecular weight is 338 g/mol. The fraction of sp³-hybridized carbons (Fsp3) is 0.312. The third-order valence-corrected chi connectivity index (χ3v) is 5.46. The van der Waals surface area contributed by atoms with Crippen LogP contribution in [0, 0.1) is 5.21 Å². The molecule has 2 aromatic rings. The molecule has 0 bridgehead atoms. The number of nitrogens with zero attached hydrogens (tertiary/aromatic N) is 1. The standard InChI is InChI=1S/C16H16ClNO3S/c1-21-16(19)15(12-4-2-3-5-13(12)17)18(20)8-6-14-11(10-18)7-9-22-14/h2-5,7,9,15H,6,8,10H2,1H3/t15-,18-/m1/s1. The second-order valence-corrected chi connectivity index (χ2v) is 6.81. The molecular weight excluding hydrogens is 322 g/mol. The van der Waals surface area contributed by atoms with Gasteiger partial charge in [-0.05, 0) is 17.5 Å². The minimum atomic E-state index is -0.952. The van der Waals surface area contributed by atoms with E-state index < -0.39 is 16.7 Å². The lowest BCUT2D eigenvalue weighted by Gasteiger charge is -2.49. The first-order valence-electron chi connectivity index (χ1n) is 7.00. The van der Waals surface area contributed by atoms with Crippen molar-refractivity contribution in [2.45, 2.75) is 19.0 Å². The van der Waals surface area contributed by atoms with E-state index in [0.717, 1.165) is 5.56 Å². The summed E-state index contributed by atoms with van der Waals surface area (Å²) in [6, 6.07) is 7.99. The third kappa shape index (κ3) is 2.65. The number of quaternary nitrogens is 1. The Labute approximate surface area is 138 Å². The number of hydrogen-bond acceptors (Lipinski definition) is 4. The number of hydrogen-bond donors (Lipinski definition) is 0. The molecule has 1 aromatic carbocycles. The number of carbonyl (C=O) groups is 1. The molecule has 22 heavy (non-hydrogen) atoms. The highest BCUT2D eigenvalue weighted by Crippen LogP contribution is 2.39. The Balaban J connectivity index is 2.04. The predicted octanol–water partition coefficient (Wildman–Crippen LogP) is 3.69. The summed E-state index contributed by atoms with van der Waals surface area (Å²) < 4.78 is 4.25. The molecule has 2 heterocycles. The van der Waals surface area contributed by atoms with Crippen LogP contribution in [0.25, 0.3) is 0 Å². The number of fused-ring (bicyclic) bond motifs is 1. The number of thiophene rings is 1. The zero-order valence-corrected chi connectivity index (χ0v) is 13.7. The predicted molar refractivity (Wildman–Crippen MR) is 86.4 cm³/mol. The number of halogens is 1. The lowest BCUT2D eigenvalue weighted by Crippen LogP contribution is -2.51. The summed E-state index contributed by atoms with van der Waals surface area (Å²) in [6.45, 7) is 0.613. The van der Waals surface area contributed by atoms with Crippen LogP contribution >= 0.6 is 22.9 Å². The van der Waals surface area contributed by atoms with Crippen molar-refractivity contribution in [2.24, 2.45) is 0 Å². The fourth-order valence-electron chi connectivity index (χ4n) is 2.99. The van der Waals surface area contributed by atoms with E-state index in [1.165, 1.54) is 12.0 Å². The normalized spacial score (nSPS) is 22.0. The van der Waals surface area contributed by atoms with Crippen LogP contribution in [0.5, 0.6) is 0 Å². The number of rotatable bonds is 3. The average Bonchev–Trinajstić information content (AvgIpc) is 2.96. The molecule has 0 saturated carbocycles. The maximum Gasteiger partial charge on any atom is 0.370 e. The molecule has 0 saturated heterocycles. The molecular formula is C16H16ClNO3S. The summed E-state index contributed by atoms with van der Waals surface area (Å²) in [7, 11) is 1.30. The highest BCUT2D eigenvalue weighted by molar-refractivity contribution is 7.10. The maximum atomic E-state index is 13.4. The van der Waals surface area contributed by atoms with Crippen LogP contribution in [0.15, 0.2) is 35.7 Å². The van der Waals surface area contributed by atoms with Gasteiger partial charge in [-0.1, -0.05) is 29.8 Å². The van der Waals surface area contributed by atoms with Gasteiger partial charge in [0.25, 0.3) is 0 Å². The van der Waals surface area contributed by atoms with Crippen LogP contribution in [0.2, 0.25) is 5.02 Å². The quantitative estimate of drug-likeness (QED) is 0.487. The minimum absolute atomic E-state index is 0.268. The van der Waals surface area contributed by atoms with Crippen molar-refractivity contribution in [2.75, 3.05) is 13.7 Å². The van der Waals surface area contributed by atoms with E-state index >= 15 is 0 Å². The van der Waals surface area contributed by atoms with E-state index in [1.54, 1.807) is 35.6 Å². The molecule has 0 aliphatic carbocycles. The highest BCUT2D eigenvalue weighted by atomic mass is 35.5. The first-order chi connectivity index (χ1) is 10.5. The van der Waals surface area contributed by atoms with E-state index in [9.17, 15) is 10.0 Å². The van der Waals surface area contributed by atoms with Gasteiger partial charge in [0.05, 0.1) is 18.7 Å². The Morgan fingerprint density at radius 2 is 2.18 bits per heavy atom. The van der Waals surface area contributed by atoms with Crippen molar-refractivity contribution < 1.29 is 14.2 Å². The summed E-state index contributed by atoms with van der Waals surface area (Å²) in [6.07, 6.45) is 0.675. The second kappa shape index (κ2) is 6.01. The highest BCUT2D eigenvalue weighted by Gasteiger charge is 2.41. The van der Waals surface area contributed by atoms with Gasteiger partial charge in [0.1, 0.15) is 6.54 Å². The number of hydroxylamine groups is 3. The lowest BCUT2D eigenvalue weighted by molar-refractivity contribution is -0.917. The summed E-state index contributed by atoms with van der Waals surface area (Å²) in [5.41, 5.74) is 1.55. The van der Waals surface area contributed by atoms with Gasteiger partial charge in [-0.2, -0.15) is 0 Å². The van der Waals surface area contributed by atoms with Gasteiger partial charge in [0.2, 0.25) is 6.04 Å². The minimum Gasteiger partial charge on any atom is -0.632 e. The van der Waals surface area contributed by atoms with Crippen molar-refractivity contribution in [3.05, 3.63) is 61.9 Å². The Bertz CT molecular complexity index is 702. The molecule has 1 aliphatic rings. The van der Waals surface area contributed by atoms with E-state index in [1.807, 2.05) is 11.4 Å². The molecule has 3 rings (SSSR count). The molecule has 0 spiro atoms. The van der Waals surface area contributed by atoms with Gasteiger partial charge in [0.15, 0.2) is 0 Å². The molecule has 2 atom stereocenters. The number of carbonyl (C=O) groups excluding carboxylic acids is 1. The van der Waals surface area contributed by atoms with E-state index in [2.05, 4.69) is 0 Å². The third-order valence-electron chi connectivity index (χ3n) is 4.09. The molecule has 0 N–H and O–H groups in total. The first-order valence-corrected chi connectivity index (χ1v) is 8.26. The van der Waals surface area contributed by atoms with Gasteiger partial charge < -0.3 is 14.6 Å². The number of ether oxygens (including phenoxy) is 1. The first kappa shape index (κ1) is 15.5. The van der Waals surface area contributed by atoms with Crippen LogP contribution in [0.4, 0.5) is 0 Å². The van der Waals surface area contributed by atoms with Crippen LogP contribution in [-0.4, -0.2) is 24.3 Å². The summed E-state index contributed by atoms with van der Waals surface area (Å²) in [5, 5.41) is 15.8. The smallest absolute Gasteiger partial charge is 0.370 e. The Hall–Kier alpha value is -1.40. The van der Waals surface area contributed by atoms with Crippen molar-refractivity contribution in [1.82, 2.24) is 0 Å². The Kier molecular flexibility index (Phi) is 4.23. The van der Waals surface area contributed by atoms with Crippen molar-refractivity contribution in [3.8, 4) is 0 Å². The van der Waals surface area contributed by atoms with Crippen LogP contribution in [-0.2, 0) is 22.5 Å². The largest absolute Gasteiger partial charge is 0.632 e. The molecule has 1 aliphatic heterocycles. The molecule has 1 aromatic heterocycles. The second-order valence-electron chi connectivity index (χ2n) is 5.40. The lowest BCUT2D eigenvalue weighted by atomic mass is 10.00. The molecule has 0 amide bonds. The number of methoxy groups -OCH3 is 1. The number of benzene rings is 1. The van der Waals surface area contributed by atoms with Crippen molar-refractivity contribution >= 4 is 28.9 Å². The number of esters is 1. The molecule has 4 nitrogen and oxygen atoms in total. The summed E-state index contributed by atoms with van der Waals surface area (Å²) >= 11 is 7.89. The van der Waals surface area contributed by atoms with Gasteiger partial charge >= 0.3 is 5.97 Å². The van der Waals surface area contributed by atoms with Gasteiger partial charge in [-0.15, -0.1) is 11.3 Å². The van der Waals surface area contributed by atoms with Gasteiger partial charge in [0, 0.05) is 22.4 Å². The van der Waals surface area contributed by atoms with Crippen molar-refractivity contribution in [1.29, 1.82) is 0 Å². The SMILES string of the molecule is COC(=O)[C@@H](c1ccccc1Cl)[N@@+]1([O-])CCc2sccc2C1. The van der Waals surface area contributed by atoms with E-state index in [-0.39, 0.29) is 6.54 Å². The van der Waals surface area contributed by atoms with Crippen molar-refractivity contribution in [3.63, 3.8) is 0 Å². The maximum absolute atomic E-state index is 13.4. The van der Waals surface area contributed by atoms with E-state index in [0.29, 0.717) is 23.6 Å². The Morgan fingerprint density at radius 3 is 2.91 bits per heavy atom. The van der Waals surface area contributed by atoms with Gasteiger partial charge in [-0.3, -0.25) is 0 Å². The van der Waals surface area contributed by atoms with Crippen LogP contribution in [0.1, 0.15) is 22.0 Å². The topological polar surface area (TPSA) is 49.4 Å². The molecule has 0 fully saturated rings. The van der Waals surface area contributed by atoms with Gasteiger partial charge in [-0.25, -0.2) is 4.79 Å². The summed E-state index contributed by atoms with van der Waals surface area (Å²) in [4.78, 5) is 13.6. The zero-order valence-electron chi connectivity index (χ0n) is 12.1. The molecule has 0 unspecified atom stereocenters. The monoisotopic (exact) mass is 337 g/mol. The molecule has 6 heteroatoms. The van der Waals surface area contributed by atoms with Crippen LogP contribution in [0.3, 0.4) is 0 Å².